The van der Waals surface area contributed by atoms with Gasteiger partial charge in [0, 0.05) is 26.2 Å². The lowest BCUT2D eigenvalue weighted by atomic mass is 10.1. The van der Waals surface area contributed by atoms with E-state index in [1.807, 2.05) is 0 Å². The van der Waals surface area contributed by atoms with E-state index >= 15 is 0 Å². The maximum absolute atomic E-state index is 5.29. The molecular weight excluding hydrogens is 152 g/mol. The second-order valence-electron chi connectivity index (χ2n) is 3.85. The molecule has 12 heavy (non-hydrogen) atoms. The average molecular weight is 170 g/mol. The summed E-state index contributed by atoms with van der Waals surface area (Å²) in [5.41, 5.74) is 0. The molecule has 1 N–H and O–H groups in total. The van der Waals surface area contributed by atoms with E-state index in [9.17, 15) is 0 Å². The van der Waals surface area contributed by atoms with Crippen molar-refractivity contribution in [1.82, 2.24) is 10.2 Å². The van der Waals surface area contributed by atoms with E-state index in [-0.39, 0.29) is 0 Å². The molecule has 2 aliphatic rings. The predicted molar refractivity (Wildman–Crippen MR) is 48.3 cm³/mol. The van der Waals surface area contributed by atoms with Gasteiger partial charge in [0.2, 0.25) is 0 Å². The molecule has 3 heteroatoms. The van der Waals surface area contributed by atoms with Crippen LogP contribution in [-0.4, -0.2) is 50.3 Å². The summed E-state index contributed by atoms with van der Waals surface area (Å²) in [5, 5.41) is 3.49. The van der Waals surface area contributed by atoms with Crippen LogP contribution in [0.4, 0.5) is 0 Å². The van der Waals surface area contributed by atoms with Crippen LogP contribution in [0.2, 0.25) is 0 Å². The van der Waals surface area contributed by atoms with E-state index in [1.165, 1.54) is 32.5 Å². The molecule has 2 heterocycles. The Balaban J connectivity index is 1.68. The van der Waals surface area contributed by atoms with Crippen molar-refractivity contribution < 1.29 is 4.74 Å². The Hall–Kier alpha value is -0.120. The summed E-state index contributed by atoms with van der Waals surface area (Å²) in [6.45, 7) is 4.86. The Morgan fingerprint density at radius 2 is 2.33 bits per heavy atom. The summed E-state index contributed by atoms with van der Waals surface area (Å²) in [6, 6.07) is 0.676. The van der Waals surface area contributed by atoms with Gasteiger partial charge in [-0.2, -0.15) is 0 Å². The normalized spacial score (nSPS) is 36.8. The van der Waals surface area contributed by atoms with Gasteiger partial charge in [0.15, 0.2) is 0 Å². The molecule has 2 saturated heterocycles. The van der Waals surface area contributed by atoms with Gasteiger partial charge >= 0.3 is 0 Å². The molecule has 0 radical (unpaired) electrons. The maximum Gasteiger partial charge on any atom is 0.0711 e. The smallest absolute Gasteiger partial charge is 0.0711 e. The van der Waals surface area contributed by atoms with E-state index in [1.54, 1.807) is 7.11 Å². The molecule has 0 aromatic rings. The SMILES string of the molecule is COC1CNC(CN2CCC2)C1. The number of ether oxygens (including phenoxy) is 1. The first-order chi connectivity index (χ1) is 5.88. The molecule has 70 valence electrons. The molecule has 0 saturated carbocycles. The van der Waals surface area contributed by atoms with Crippen LogP contribution in [0.5, 0.6) is 0 Å². The van der Waals surface area contributed by atoms with E-state index in [4.69, 9.17) is 4.74 Å². The number of hydrogen-bond acceptors (Lipinski definition) is 3. The maximum atomic E-state index is 5.29. The molecule has 0 aromatic carbocycles. The monoisotopic (exact) mass is 170 g/mol. The summed E-state index contributed by atoms with van der Waals surface area (Å²) in [6.07, 6.45) is 3.03. The van der Waals surface area contributed by atoms with Crippen molar-refractivity contribution in [3.63, 3.8) is 0 Å². The van der Waals surface area contributed by atoms with Crippen molar-refractivity contribution in [2.75, 3.05) is 33.3 Å². The van der Waals surface area contributed by atoms with Gasteiger partial charge in [0.25, 0.3) is 0 Å². The fourth-order valence-corrected chi connectivity index (χ4v) is 1.98. The lowest BCUT2D eigenvalue weighted by molar-refractivity contribution is 0.112. The molecule has 0 aliphatic carbocycles. The predicted octanol–water partition coefficient (Wildman–Crippen LogP) is 0.0690. The quantitative estimate of drug-likeness (QED) is 0.648. The Morgan fingerprint density at radius 1 is 1.50 bits per heavy atom. The zero-order chi connectivity index (χ0) is 8.39. The first-order valence-corrected chi connectivity index (χ1v) is 4.87. The third kappa shape index (κ3) is 1.79. The zero-order valence-corrected chi connectivity index (χ0v) is 7.75. The fraction of sp³-hybridized carbons (Fsp3) is 1.00. The van der Waals surface area contributed by atoms with E-state index < -0.39 is 0 Å². The second kappa shape index (κ2) is 3.73. The van der Waals surface area contributed by atoms with E-state index in [0.717, 1.165) is 6.54 Å². The lowest BCUT2D eigenvalue weighted by Crippen LogP contribution is -2.44. The van der Waals surface area contributed by atoms with Crippen molar-refractivity contribution in [3.8, 4) is 0 Å². The summed E-state index contributed by atoms with van der Waals surface area (Å²) >= 11 is 0. The van der Waals surface area contributed by atoms with Crippen LogP contribution in [0, 0.1) is 0 Å². The van der Waals surface area contributed by atoms with Crippen LogP contribution >= 0.6 is 0 Å². The van der Waals surface area contributed by atoms with Crippen molar-refractivity contribution in [1.29, 1.82) is 0 Å². The molecule has 0 aromatic heterocycles. The molecule has 0 spiro atoms. The Kier molecular flexibility index (Phi) is 2.63. The minimum Gasteiger partial charge on any atom is -0.380 e. The zero-order valence-electron chi connectivity index (χ0n) is 7.75. The molecule has 0 amide bonds. The summed E-state index contributed by atoms with van der Waals surface area (Å²) < 4.78 is 5.29. The summed E-state index contributed by atoms with van der Waals surface area (Å²) in [7, 11) is 1.80. The number of nitrogens with one attached hydrogen (secondary N) is 1. The van der Waals surface area contributed by atoms with Crippen molar-refractivity contribution >= 4 is 0 Å². The number of hydrogen-bond donors (Lipinski definition) is 1. The molecule has 2 fully saturated rings. The lowest BCUT2D eigenvalue weighted by Gasteiger charge is -2.32. The Bertz CT molecular complexity index is 147. The molecule has 2 unspecified atom stereocenters. The highest BCUT2D eigenvalue weighted by Crippen LogP contribution is 2.13. The third-order valence-corrected chi connectivity index (χ3v) is 2.94. The highest BCUT2D eigenvalue weighted by Gasteiger charge is 2.26. The molecular formula is C9H18N2O. The van der Waals surface area contributed by atoms with Crippen LogP contribution in [0.1, 0.15) is 12.8 Å². The van der Waals surface area contributed by atoms with Gasteiger partial charge in [0.05, 0.1) is 6.10 Å². The van der Waals surface area contributed by atoms with Gasteiger partial charge in [-0.1, -0.05) is 0 Å². The molecule has 3 nitrogen and oxygen atoms in total. The molecule has 0 bridgehead atoms. The second-order valence-corrected chi connectivity index (χ2v) is 3.85. The topological polar surface area (TPSA) is 24.5 Å². The minimum atomic E-state index is 0.455. The van der Waals surface area contributed by atoms with Crippen LogP contribution in [0.25, 0.3) is 0 Å². The van der Waals surface area contributed by atoms with Gasteiger partial charge in [-0.05, 0) is 25.9 Å². The summed E-state index contributed by atoms with van der Waals surface area (Å²) in [5.74, 6) is 0. The van der Waals surface area contributed by atoms with Crippen LogP contribution in [0.3, 0.4) is 0 Å². The average Bonchev–Trinajstić information content (AvgIpc) is 2.44. The Labute approximate surface area is 74.1 Å². The first-order valence-electron chi connectivity index (χ1n) is 4.87. The van der Waals surface area contributed by atoms with E-state index in [0.29, 0.717) is 12.1 Å². The van der Waals surface area contributed by atoms with Gasteiger partial charge in [0.1, 0.15) is 0 Å². The highest BCUT2D eigenvalue weighted by atomic mass is 16.5. The fourth-order valence-electron chi connectivity index (χ4n) is 1.98. The summed E-state index contributed by atoms with van der Waals surface area (Å²) in [4.78, 5) is 2.51. The molecule has 2 rings (SSSR count). The number of nitrogens with zero attached hydrogens (tertiary/aromatic N) is 1. The van der Waals surface area contributed by atoms with Gasteiger partial charge in [-0.3, -0.25) is 0 Å². The number of likely N-dealkylation sites (tertiary alicyclic amines) is 1. The standard InChI is InChI=1S/C9H18N2O/c1-12-9-5-8(10-6-9)7-11-3-2-4-11/h8-10H,2-7H2,1H3. The van der Waals surface area contributed by atoms with Crippen LogP contribution in [-0.2, 0) is 4.74 Å². The van der Waals surface area contributed by atoms with Gasteiger partial charge in [-0.25, -0.2) is 0 Å². The third-order valence-electron chi connectivity index (χ3n) is 2.94. The highest BCUT2D eigenvalue weighted by molar-refractivity contribution is 4.86. The van der Waals surface area contributed by atoms with Crippen LogP contribution in [0.15, 0.2) is 0 Å². The van der Waals surface area contributed by atoms with Gasteiger partial charge < -0.3 is 15.0 Å². The molecule has 2 atom stereocenters. The number of rotatable bonds is 3. The minimum absolute atomic E-state index is 0.455. The first kappa shape index (κ1) is 8.48. The largest absolute Gasteiger partial charge is 0.380 e. The van der Waals surface area contributed by atoms with Crippen molar-refractivity contribution in [2.45, 2.75) is 25.0 Å². The molecule has 2 aliphatic heterocycles. The van der Waals surface area contributed by atoms with E-state index in [2.05, 4.69) is 10.2 Å². The van der Waals surface area contributed by atoms with Gasteiger partial charge in [-0.15, -0.1) is 0 Å². The Morgan fingerprint density at radius 3 is 2.83 bits per heavy atom. The van der Waals surface area contributed by atoms with Crippen molar-refractivity contribution in [3.05, 3.63) is 0 Å². The van der Waals surface area contributed by atoms with Crippen molar-refractivity contribution in [2.24, 2.45) is 0 Å². The van der Waals surface area contributed by atoms with Crippen LogP contribution < -0.4 is 5.32 Å². The number of methoxy groups -OCH3 is 1.